The number of unbranched alkanes of at least 4 members (excludes halogenated alkanes) is 13. The number of nitrogens with zero attached hydrogens (tertiary/aromatic N) is 4. The standard InChI is InChI=1S/C21H36Br2F8N4O2/c1-2-3-4-5-6-7-8-9-10-11-12-13-14-15-16-20(32(24)25,33(26)27)21(34(28)29,35(30)31)37-19(36)18(23)17-22/h18H,2-17H2,1H3. The average molecular weight is 688 g/mol. The molecular formula is C21H36Br2F8N4O2. The highest BCUT2D eigenvalue weighted by Gasteiger charge is 2.76. The summed E-state index contributed by atoms with van der Waals surface area (Å²) in [4.78, 5) is 10.4. The van der Waals surface area contributed by atoms with Crippen molar-refractivity contribution in [3.8, 4) is 0 Å². The Morgan fingerprint density at radius 3 is 1.32 bits per heavy atom. The van der Waals surface area contributed by atoms with Crippen LogP contribution >= 0.6 is 31.9 Å². The van der Waals surface area contributed by atoms with E-state index in [-0.39, 0.29) is 11.8 Å². The van der Waals surface area contributed by atoms with E-state index in [9.17, 15) is 40.6 Å². The fourth-order valence-electron chi connectivity index (χ4n) is 3.92. The van der Waals surface area contributed by atoms with Gasteiger partial charge in [0, 0.05) is 5.33 Å². The molecular weight excluding hydrogens is 652 g/mol. The molecule has 0 aromatic heterocycles. The summed E-state index contributed by atoms with van der Waals surface area (Å²) in [6.45, 7) is 2.16. The number of rotatable bonds is 23. The first-order valence-corrected chi connectivity index (χ1v) is 14.4. The molecule has 0 aromatic rings. The maximum Gasteiger partial charge on any atom is 0.378 e. The van der Waals surface area contributed by atoms with Gasteiger partial charge in [0.1, 0.15) is 4.83 Å². The molecule has 0 aliphatic rings. The molecule has 6 nitrogen and oxygen atoms in total. The van der Waals surface area contributed by atoms with Crippen LogP contribution in [0.4, 0.5) is 35.9 Å². The van der Waals surface area contributed by atoms with Crippen LogP contribution < -0.4 is 0 Å². The first-order chi connectivity index (χ1) is 17.4. The maximum absolute atomic E-state index is 13.8. The van der Waals surface area contributed by atoms with E-state index in [2.05, 4.69) is 43.5 Å². The molecule has 0 aliphatic carbocycles. The molecule has 0 spiro atoms. The minimum Gasteiger partial charge on any atom is -0.416 e. The van der Waals surface area contributed by atoms with Crippen LogP contribution in [0.25, 0.3) is 0 Å². The summed E-state index contributed by atoms with van der Waals surface area (Å²) in [6, 6.07) is 0. The van der Waals surface area contributed by atoms with Crippen molar-refractivity contribution < 1.29 is 45.4 Å². The molecule has 1 atom stereocenters. The third-order valence-electron chi connectivity index (χ3n) is 6.05. The molecule has 222 valence electrons. The maximum atomic E-state index is 13.8. The van der Waals surface area contributed by atoms with Crippen molar-refractivity contribution in [1.29, 1.82) is 0 Å². The van der Waals surface area contributed by atoms with Crippen LogP contribution in [0.5, 0.6) is 0 Å². The van der Waals surface area contributed by atoms with Crippen LogP contribution in [-0.4, -0.2) is 49.0 Å². The number of halogens is 10. The Bertz CT molecular complexity index is 597. The van der Waals surface area contributed by atoms with Crippen LogP contribution in [0, 0.1) is 0 Å². The number of carbonyl (C=O) groups excluding carboxylic acids is 1. The molecule has 0 rings (SSSR count). The van der Waals surface area contributed by atoms with Gasteiger partial charge in [-0.3, -0.25) is 4.79 Å². The lowest BCUT2D eigenvalue weighted by molar-refractivity contribution is -0.540. The lowest BCUT2D eigenvalue weighted by atomic mass is 9.96. The fourth-order valence-corrected chi connectivity index (χ4v) is 4.28. The highest BCUT2D eigenvalue weighted by Crippen LogP contribution is 2.47. The highest BCUT2D eigenvalue weighted by molar-refractivity contribution is 9.12. The van der Waals surface area contributed by atoms with Gasteiger partial charge in [0.2, 0.25) is 0 Å². The van der Waals surface area contributed by atoms with Crippen LogP contribution in [-0.2, 0) is 9.53 Å². The quantitative estimate of drug-likeness (QED) is 0.0266. The lowest BCUT2D eigenvalue weighted by Crippen LogP contribution is -2.75. The van der Waals surface area contributed by atoms with Gasteiger partial charge in [-0.1, -0.05) is 158 Å². The molecule has 0 aromatic carbocycles. The van der Waals surface area contributed by atoms with Crippen molar-refractivity contribution in [2.75, 3.05) is 5.33 Å². The highest BCUT2D eigenvalue weighted by atomic mass is 79.9. The Balaban J connectivity index is 5.04. The Morgan fingerprint density at radius 2 is 1.03 bits per heavy atom. The van der Waals surface area contributed by atoms with Crippen LogP contribution in [0.3, 0.4) is 0 Å². The minimum atomic E-state index is -5.15. The fraction of sp³-hybridized carbons (Fsp3) is 0.952. The molecule has 0 bridgehead atoms. The molecule has 0 aliphatic heterocycles. The van der Waals surface area contributed by atoms with Gasteiger partial charge in [0.15, 0.2) is 0 Å². The number of hydrogen-bond acceptors (Lipinski definition) is 6. The van der Waals surface area contributed by atoms with Gasteiger partial charge in [0.25, 0.3) is 5.66 Å². The second-order valence-corrected chi connectivity index (χ2v) is 10.5. The zero-order valence-corrected chi connectivity index (χ0v) is 23.9. The normalized spacial score (nSPS) is 13.8. The average Bonchev–Trinajstić information content (AvgIpc) is 2.83. The summed E-state index contributed by atoms with van der Waals surface area (Å²) < 4.78 is 114. The first kappa shape index (κ1) is 36.7. The number of alkyl halides is 2. The molecule has 37 heavy (non-hydrogen) atoms. The monoisotopic (exact) mass is 686 g/mol. The molecule has 0 fully saturated rings. The Labute approximate surface area is 229 Å². The molecule has 0 saturated carbocycles. The van der Waals surface area contributed by atoms with E-state index < -0.39 is 56.5 Å². The summed E-state index contributed by atoms with van der Waals surface area (Å²) in [6.07, 6.45) is 10.0. The van der Waals surface area contributed by atoms with Gasteiger partial charge in [-0.15, -0.1) is 0 Å². The van der Waals surface area contributed by atoms with Gasteiger partial charge in [-0.05, 0) is 12.8 Å². The Morgan fingerprint density at radius 1 is 0.676 bits per heavy atom. The minimum absolute atomic E-state index is 0.0322. The predicted molar refractivity (Wildman–Crippen MR) is 129 cm³/mol. The van der Waals surface area contributed by atoms with Crippen molar-refractivity contribution in [2.45, 2.75) is 120 Å². The number of hydrogen-bond donors (Lipinski definition) is 0. The van der Waals surface area contributed by atoms with Gasteiger partial charge >= 0.3 is 11.8 Å². The summed E-state index contributed by atoms with van der Waals surface area (Å²) in [5, 5.41) is -10.7. The summed E-state index contributed by atoms with van der Waals surface area (Å²) in [5.41, 5.74) is -4.72. The van der Waals surface area contributed by atoms with Gasteiger partial charge < -0.3 is 4.74 Å². The van der Waals surface area contributed by atoms with E-state index in [0.717, 1.165) is 32.1 Å². The zero-order valence-electron chi connectivity index (χ0n) is 20.8. The molecule has 0 radical (unpaired) electrons. The molecule has 0 saturated heterocycles. The Hall–Kier alpha value is -0.290. The van der Waals surface area contributed by atoms with Crippen LogP contribution in [0.1, 0.15) is 103 Å². The second-order valence-electron chi connectivity index (χ2n) is 8.75. The Kier molecular flexibility index (Phi) is 19.6. The van der Waals surface area contributed by atoms with Crippen LogP contribution in [0.2, 0.25) is 0 Å². The topological polar surface area (TPSA) is 39.3 Å². The number of esters is 1. The van der Waals surface area contributed by atoms with Crippen molar-refractivity contribution in [1.82, 2.24) is 21.4 Å². The van der Waals surface area contributed by atoms with Crippen molar-refractivity contribution in [3.05, 3.63) is 0 Å². The van der Waals surface area contributed by atoms with E-state index >= 15 is 0 Å². The van der Waals surface area contributed by atoms with E-state index in [0.29, 0.717) is 12.8 Å². The second kappa shape index (κ2) is 19.7. The molecule has 16 heteroatoms. The summed E-state index contributed by atoms with van der Waals surface area (Å²) in [7, 11) is 0. The molecule has 0 amide bonds. The van der Waals surface area contributed by atoms with E-state index in [1.165, 1.54) is 32.1 Å². The van der Waals surface area contributed by atoms with Gasteiger partial charge in [-0.25, -0.2) is 0 Å². The molecule has 0 heterocycles. The SMILES string of the molecule is CCCCCCCCCCCCCCCCC(N(F)F)(N(F)F)C(OC(=O)C(Br)CBr)(N(F)F)N(F)F. The lowest BCUT2D eigenvalue weighted by Gasteiger charge is -2.45. The molecule has 0 N–H and O–H groups in total. The molecule has 1 unspecified atom stereocenters. The van der Waals surface area contributed by atoms with Crippen molar-refractivity contribution in [2.24, 2.45) is 0 Å². The summed E-state index contributed by atoms with van der Waals surface area (Å²) >= 11 is 5.34. The van der Waals surface area contributed by atoms with E-state index in [4.69, 9.17) is 0 Å². The third-order valence-corrected chi connectivity index (χ3v) is 8.27. The van der Waals surface area contributed by atoms with Gasteiger partial charge in [-0.2, -0.15) is 0 Å². The largest absolute Gasteiger partial charge is 0.416 e. The summed E-state index contributed by atoms with van der Waals surface area (Å²) in [5.74, 6) is -7.05. The predicted octanol–water partition coefficient (Wildman–Crippen LogP) is 9.19. The van der Waals surface area contributed by atoms with E-state index in [1.807, 2.05) is 0 Å². The third kappa shape index (κ3) is 11.0. The van der Waals surface area contributed by atoms with E-state index in [1.54, 1.807) is 0 Å². The smallest absolute Gasteiger partial charge is 0.378 e. The van der Waals surface area contributed by atoms with Gasteiger partial charge in [0.05, 0.1) is 21.4 Å². The number of ether oxygens (including phenoxy) is 1. The first-order valence-electron chi connectivity index (χ1n) is 12.4. The number of carbonyl (C=O) groups is 1. The van der Waals surface area contributed by atoms with Crippen molar-refractivity contribution in [3.63, 3.8) is 0 Å². The zero-order chi connectivity index (χ0) is 28.5. The van der Waals surface area contributed by atoms with Crippen molar-refractivity contribution >= 4 is 37.8 Å². The van der Waals surface area contributed by atoms with Crippen LogP contribution in [0.15, 0.2) is 0 Å².